The van der Waals surface area contributed by atoms with Gasteiger partial charge in [0.2, 0.25) is 0 Å². The zero-order valence-corrected chi connectivity index (χ0v) is 11.2. The molecule has 1 amide bonds. The highest BCUT2D eigenvalue weighted by molar-refractivity contribution is 6.04. The van der Waals surface area contributed by atoms with Crippen LogP contribution in [-0.2, 0) is 0 Å². The van der Waals surface area contributed by atoms with E-state index in [2.05, 4.69) is 5.32 Å². The van der Waals surface area contributed by atoms with Crippen molar-refractivity contribution in [3.05, 3.63) is 53.6 Å². The molecular formula is C16H13NO4. The number of benzene rings is 2. The Kier molecular flexibility index (Phi) is 3.55. The van der Waals surface area contributed by atoms with E-state index in [9.17, 15) is 9.59 Å². The van der Waals surface area contributed by atoms with Gasteiger partial charge in [0.25, 0.3) is 5.91 Å². The van der Waals surface area contributed by atoms with Crippen molar-refractivity contribution in [3.8, 4) is 11.5 Å². The maximum absolute atomic E-state index is 12.2. The first-order valence-corrected chi connectivity index (χ1v) is 6.52. The summed E-state index contributed by atoms with van der Waals surface area (Å²) in [6.45, 7) is 0.993. The van der Waals surface area contributed by atoms with Gasteiger partial charge in [-0.15, -0.1) is 0 Å². The summed E-state index contributed by atoms with van der Waals surface area (Å²) >= 11 is 0. The number of carbonyl (C=O) groups excluding carboxylic acids is 2. The fourth-order valence-corrected chi connectivity index (χ4v) is 2.03. The summed E-state index contributed by atoms with van der Waals surface area (Å²) in [6, 6.07) is 11.7. The number of hydrogen-bond donors (Lipinski definition) is 1. The first-order chi connectivity index (χ1) is 10.3. The Hall–Kier alpha value is -2.82. The van der Waals surface area contributed by atoms with E-state index < -0.39 is 0 Å². The minimum atomic E-state index is -0.245. The Bertz CT molecular complexity index is 679. The van der Waals surface area contributed by atoms with E-state index in [0.717, 1.165) is 6.29 Å². The molecule has 0 fully saturated rings. The summed E-state index contributed by atoms with van der Waals surface area (Å²) in [5.41, 5.74) is 1.67. The van der Waals surface area contributed by atoms with Gasteiger partial charge in [0.05, 0.1) is 0 Å². The minimum absolute atomic E-state index is 0.245. The van der Waals surface area contributed by atoms with Crippen molar-refractivity contribution in [2.75, 3.05) is 18.5 Å². The third kappa shape index (κ3) is 2.86. The second-order valence-electron chi connectivity index (χ2n) is 4.55. The fraction of sp³-hybridized carbons (Fsp3) is 0.125. The second-order valence-corrected chi connectivity index (χ2v) is 4.55. The number of rotatable bonds is 3. The summed E-state index contributed by atoms with van der Waals surface area (Å²) in [4.78, 5) is 22.8. The van der Waals surface area contributed by atoms with Gasteiger partial charge in [-0.25, -0.2) is 0 Å². The predicted octanol–water partition coefficient (Wildman–Crippen LogP) is 2.52. The highest BCUT2D eigenvalue weighted by Gasteiger charge is 2.15. The molecule has 1 heterocycles. The van der Waals surface area contributed by atoms with E-state index in [-0.39, 0.29) is 5.91 Å². The van der Waals surface area contributed by atoms with Gasteiger partial charge in [-0.2, -0.15) is 0 Å². The lowest BCUT2D eigenvalue weighted by atomic mass is 10.1. The molecule has 1 N–H and O–H groups in total. The smallest absolute Gasteiger partial charge is 0.255 e. The summed E-state index contributed by atoms with van der Waals surface area (Å²) < 4.78 is 10.9. The summed E-state index contributed by atoms with van der Waals surface area (Å²) in [5, 5.41) is 2.77. The van der Waals surface area contributed by atoms with Gasteiger partial charge >= 0.3 is 0 Å². The minimum Gasteiger partial charge on any atom is -0.486 e. The molecule has 0 aromatic heterocycles. The first kappa shape index (κ1) is 13.2. The lowest BCUT2D eigenvalue weighted by molar-refractivity contribution is 0.102. The predicted molar refractivity (Wildman–Crippen MR) is 77.2 cm³/mol. The zero-order chi connectivity index (χ0) is 14.7. The molecule has 0 atom stereocenters. The summed E-state index contributed by atoms with van der Waals surface area (Å²) in [5.74, 6) is 0.976. The number of aldehydes is 1. The molecule has 0 bridgehead atoms. The Balaban J connectivity index is 1.76. The van der Waals surface area contributed by atoms with E-state index in [4.69, 9.17) is 9.47 Å². The fourth-order valence-electron chi connectivity index (χ4n) is 2.03. The largest absolute Gasteiger partial charge is 0.486 e. The summed E-state index contributed by atoms with van der Waals surface area (Å²) in [6.07, 6.45) is 0.756. The molecule has 1 aliphatic rings. The molecule has 21 heavy (non-hydrogen) atoms. The van der Waals surface area contributed by atoms with Crippen LogP contribution in [0.2, 0.25) is 0 Å². The van der Waals surface area contributed by atoms with Crippen molar-refractivity contribution in [2.45, 2.75) is 0 Å². The maximum atomic E-state index is 12.2. The number of ether oxygens (including phenoxy) is 2. The quantitative estimate of drug-likeness (QED) is 0.879. The SMILES string of the molecule is O=Cc1ccc(NC(=O)c2ccc3c(c2)OCCO3)cc1. The van der Waals surface area contributed by atoms with Crippen LogP contribution in [0.15, 0.2) is 42.5 Å². The second kappa shape index (κ2) is 5.66. The van der Waals surface area contributed by atoms with Crippen LogP contribution in [0.25, 0.3) is 0 Å². The molecule has 2 aromatic carbocycles. The van der Waals surface area contributed by atoms with Crippen LogP contribution in [0.3, 0.4) is 0 Å². The number of fused-ring (bicyclic) bond motifs is 1. The number of anilines is 1. The van der Waals surface area contributed by atoms with Gasteiger partial charge in [0.1, 0.15) is 19.5 Å². The molecule has 5 heteroatoms. The highest BCUT2D eigenvalue weighted by atomic mass is 16.6. The van der Waals surface area contributed by atoms with Crippen LogP contribution in [0, 0.1) is 0 Å². The average molecular weight is 283 g/mol. The average Bonchev–Trinajstić information content (AvgIpc) is 2.55. The van der Waals surface area contributed by atoms with Crippen molar-refractivity contribution in [2.24, 2.45) is 0 Å². The van der Waals surface area contributed by atoms with E-state index in [0.29, 0.717) is 41.5 Å². The van der Waals surface area contributed by atoms with Gasteiger partial charge in [-0.05, 0) is 42.5 Å². The van der Waals surface area contributed by atoms with Crippen molar-refractivity contribution in [1.82, 2.24) is 0 Å². The molecule has 0 spiro atoms. The Morgan fingerprint density at radius 1 is 1.00 bits per heavy atom. The normalized spacial score (nSPS) is 12.6. The number of hydrogen-bond acceptors (Lipinski definition) is 4. The van der Waals surface area contributed by atoms with Crippen molar-refractivity contribution < 1.29 is 19.1 Å². The standard InChI is InChI=1S/C16H13NO4/c18-10-11-1-4-13(5-2-11)17-16(19)12-3-6-14-15(9-12)21-8-7-20-14/h1-6,9-10H,7-8H2,(H,17,19). The molecule has 106 valence electrons. The number of amides is 1. The lowest BCUT2D eigenvalue weighted by Crippen LogP contribution is -2.17. The third-order valence-corrected chi connectivity index (χ3v) is 3.11. The van der Waals surface area contributed by atoms with Crippen LogP contribution in [-0.4, -0.2) is 25.4 Å². The Morgan fingerprint density at radius 2 is 1.71 bits per heavy atom. The van der Waals surface area contributed by atoms with Crippen molar-refractivity contribution in [1.29, 1.82) is 0 Å². The first-order valence-electron chi connectivity index (χ1n) is 6.52. The molecule has 0 radical (unpaired) electrons. The number of carbonyl (C=O) groups is 2. The van der Waals surface area contributed by atoms with E-state index in [1.54, 1.807) is 42.5 Å². The molecule has 0 saturated heterocycles. The van der Waals surface area contributed by atoms with Crippen LogP contribution < -0.4 is 14.8 Å². The monoisotopic (exact) mass is 283 g/mol. The van der Waals surface area contributed by atoms with Crippen LogP contribution in [0.4, 0.5) is 5.69 Å². The Labute approximate surface area is 121 Å². The Morgan fingerprint density at radius 3 is 2.43 bits per heavy atom. The van der Waals surface area contributed by atoms with E-state index in [1.165, 1.54) is 0 Å². The van der Waals surface area contributed by atoms with Crippen LogP contribution in [0.5, 0.6) is 11.5 Å². The topological polar surface area (TPSA) is 64.6 Å². The lowest BCUT2D eigenvalue weighted by Gasteiger charge is -2.18. The van der Waals surface area contributed by atoms with Crippen LogP contribution in [0.1, 0.15) is 20.7 Å². The van der Waals surface area contributed by atoms with Crippen molar-refractivity contribution >= 4 is 17.9 Å². The van der Waals surface area contributed by atoms with Gasteiger partial charge in [0, 0.05) is 16.8 Å². The molecule has 0 unspecified atom stereocenters. The van der Waals surface area contributed by atoms with E-state index in [1.807, 2.05) is 0 Å². The van der Waals surface area contributed by atoms with Crippen LogP contribution >= 0.6 is 0 Å². The number of nitrogens with one attached hydrogen (secondary N) is 1. The molecular weight excluding hydrogens is 270 g/mol. The molecule has 5 nitrogen and oxygen atoms in total. The molecule has 2 aromatic rings. The molecule has 0 saturated carbocycles. The van der Waals surface area contributed by atoms with Gasteiger partial charge < -0.3 is 14.8 Å². The van der Waals surface area contributed by atoms with Gasteiger partial charge in [-0.1, -0.05) is 0 Å². The third-order valence-electron chi connectivity index (χ3n) is 3.11. The van der Waals surface area contributed by atoms with E-state index >= 15 is 0 Å². The molecule has 1 aliphatic heterocycles. The zero-order valence-electron chi connectivity index (χ0n) is 11.2. The highest BCUT2D eigenvalue weighted by Crippen LogP contribution is 2.30. The molecule has 0 aliphatic carbocycles. The maximum Gasteiger partial charge on any atom is 0.255 e. The van der Waals surface area contributed by atoms with Gasteiger partial charge in [0.15, 0.2) is 11.5 Å². The summed E-state index contributed by atoms with van der Waals surface area (Å²) in [7, 11) is 0. The van der Waals surface area contributed by atoms with Gasteiger partial charge in [-0.3, -0.25) is 9.59 Å². The molecule has 3 rings (SSSR count). The van der Waals surface area contributed by atoms with Crippen molar-refractivity contribution in [3.63, 3.8) is 0 Å².